The standard InChI is InChI=1S/C16H19N7S/c1-2-4-14(5-3-1)12-23-15(18-19-20-23)13-21-7-9-22(10-8-21)16-17-6-11-24-16/h1-6,11H,7-10,12-13H2. The minimum Gasteiger partial charge on any atom is -0.346 e. The second-order valence-electron chi connectivity index (χ2n) is 5.82. The Balaban J connectivity index is 1.36. The van der Waals surface area contributed by atoms with Crippen LogP contribution < -0.4 is 4.90 Å². The first kappa shape index (κ1) is 15.2. The van der Waals surface area contributed by atoms with Crippen LogP contribution in [0.15, 0.2) is 41.9 Å². The summed E-state index contributed by atoms with van der Waals surface area (Å²) < 4.78 is 1.89. The Hall–Kier alpha value is -2.32. The van der Waals surface area contributed by atoms with Gasteiger partial charge in [0, 0.05) is 37.8 Å². The number of nitrogens with zero attached hydrogens (tertiary/aromatic N) is 7. The number of hydrogen-bond acceptors (Lipinski definition) is 7. The minimum atomic E-state index is 0.711. The molecule has 0 amide bonds. The van der Waals surface area contributed by atoms with E-state index in [1.807, 2.05) is 34.5 Å². The quantitative estimate of drug-likeness (QED) is 0.701. The van der Waals surface area contributed by atoms with Crippen LogP contribution in [0.25, 0.3) is 0 Å². The SMILES string of the molecule is c1ccc(Cn2nnnc2CN2CCN(c3nccs3)CC2)cc1. The molecular formula is C16H19N7S. The Morgan fingerprint density at radius 1 is 1.00 bits per heavy atom. The highest BCUT2D eigenvalue weighted by Crippen LogP contribution is 2.19. The maximum absolute atomic E-state index is 4.39. The predicted molar refractivity (Wildman–Crippen MR) is 93.0 cm³/mol. The lowest BCUT2D eigenvalue weighted by Crippen LogP contribution is -2.46. The Labute approximate surface area is 144 Å². The Morgan fingerprint density at radius 3 is 2.58 bits per heavy atom. The van der Waals surface area contributed by atoms with Crippen molar-refractivity contribution in [1.82, 2.24) is 30.1 Å². The van der Waals surface area contributed by atoms with Crippen LogP contribution in [0.5, 0.6) is 0 Å². The molecule has 1 saturated heterocycles. The van der Waals surface area contributed by atoms with Crippen LogP contribution in [0.4, 0.5) is 5.13 Å². The minimum absolute atomic E-state index is 0.711. The molecule has 3 aromatic rings. The lowest BCUT2D eigenvalue weighted by molar-refractivity contribution is 0.240. The first-order chi connectivity index (χ1) is 11.9. The molecule has 1 aliphatic rings. The monoisotopic (exact) mass is 341 g/mol. The molecule has 0 bridgehead atoms. The van der Waals surface area contributed by atoms with E-state index in [0.717, 1.165) is 43.7 Å². The third-order valence-electron chi connectivity index (χ3n) is 4.21. The summed E-state index contributed by atoms with van der Waals surface area (Å²) in [4.78, 5) is 9.13. The number of benzene rings is 1. The number of thiazole rings is 1. The number of aromatic nitrogens is 5. The third kappa shape index (κ3) is 3.44. The highest BCUT2D eigenvalue weighted by Gasteiger charge is 2.20. The van der Waals surface area contributed by atoms with Crippen LogP contribution in [-0.2, 0) is 13.1 Å². The van der Waals surface area contributed by atoms with Gasteiger partial charge in [-0.3, -0.25) is 4.90 Å². The molecule has 0 saturated carbocycles. The van der Waals surface area contributed by atoms with E-state index in [1.54, 1.807) is 11.3 Å². The molecule has 0 atom stereocenters. The van der Waals surface area contributed by atoms with Crippen molar-refractivity contribution < 1.29 is 0 Å². The van der Waals surface area contributed by atoms with Gasteiger partial charge in [0.05, 0.1) is 13.1 Å². The zero-order valence-corrected chi connectivity index (χ0v) is 14.1. The molecular weight excluding hydrogens is 322 g/mol. The van der Waals surface area contributed by atoms with Crippen molar-refractivity contribution in [3.8, 4) is 0 Å². The molecule has 7 nitrogen and oxygen atoms in total. The lowest BCUT2D eigenvalue weighted by atomic mass is 10.2. The maximum Gasteiger partial charge on any atom is 0.185 e. The zero-order chi connectivity index (χ0) is 16.2. The van der Waals surface area contributed by atoms with Gasteiger partial charge in [0.15, 0.2) is 11.0 Å². The van der Waals surface area contributed by atoms with Crippen LogP contribution in [-0.4, -0.2) is 56.3 Å². The molecule has 1 aliphatic heterocycles. The Bertz CT molecular complexity index is 748. The topological polar surface area (TPSA) is 63.0 Å². The average Bonchev–Trinajstić information content (AvgIpc) is 3.29. The van der Waals surface area contributed by atoms with Crippen LogP contribution in [0.3, 0.4) is 0 Å². The molecule has 124 valence electrons. The van der Waals surface area contributed by atoms with E-state index >= 15 is 0 Å². The van der Waals surface area contributed by atoms with Crippen LogP contribution in [0, 0.1) is 0 Å². The molecule has 0 spiro atoms. The van der Waals surface area contributed by atoms with Crippen molar-refractivity contribution in [3.63, 3.8) is 0 Å². The fourth-order valence-corrected chi connectivity index (χ4v) is 3.58. The Kier molecular flexibility index (Phi) is 4.48. The molecule has 24 heavy (non-hydrogen) atoms. The molecule has 8 heteroatoms. The summed E-state index contributed by atoms with van der Waals surface area (Å²) in [6.45, 7) is 5.48. The fourth-order valence-electron chi connectivity index (χ4n) is 2.88. The molecule has 2 aromatic heterocycles. The normalized spacial score (nSPS) is 15.8. The summed E-state index contributed by atoms with van der Waals surface area (Å²) in [6, 6.07) is 10.3. The van der Waals surface area contributed by atoms with Crippen molar-refractivity contribution in [2.24, 2.45) is 0 Å². The molecule has 1 fully saturated rings. The van der Waals surface area contributed by atoms with Crippen LogP contribution in [0.2, 0.25) is 0 Å². The van der Waals surface area contributed by atoms with E-state index in [2.05, 4.69) is 42.4 Å². The van der Waals surface area contributed by atoms with Gasteiger partial charge in [-0.2, -0.15) is 0 Å². The second-order valence-corrected chi connectivity index (χ2v) is 6.69. The van der Waals surface area contributed by atoms with Gasteiger partial charge in [0.2, 0.25) is 0 Å². The molecule has 0 unspecified atom stereocenters. The zero-order valence-electron chi connectivity index (χ0n) is 13.3. The first-order valence-corrected chi connectivity index (χ1v) is 8.92. The number of tetrazole rings is 1. The molecule has 0 N–H and O–H groups in total. The van der Waals surface area contributed by atoms with Crippen molar-refractivity contribution in [1.29, 1.82) is 0 Å². The van der Waals surface area contributed by atoms with Crippen molar-refractivity contribution in [2.75, 3.05) is 31.1 Å². The molecule has 1 aromatic carbocycles. The van der Waals surface area contributed by atoms with E-state index in [9.17, 15) is 0 Å². The summed E-state index contributed by atoms with van der Waals surface area (Å²) in [6.07, 6.45) is 1.87. The second kappa shape index (κ2) is 7.06. The van der Waals surface area contributed by atoms with Gasteiger partial charge in [-0.1, -0.05) is 30.3 Å². The maximum atomic E-state index is 4.39. The molecule has 4 rings (SSSR count). The van der Waals surface area contributed by atoms with Gasteiger partial charge < -0.3 is 4.90 Å². The highest BCUT2D eigenvalue weighted by atomic mass is 32.1. The van der Waals surface area contributed by atoms with Crippen molar-refractivity contribution in [2.45, 2.75) is 13.1 Å². The Morgan fingerprint density at radius 2 is 1.83 bits per heavy atom. The van der Waals surface area contributed by atoms with Crippen LogP contribution in [0.1, 0.15) is 11.4 Å². The van der Waals surface area contributed by atoms with Gasteiger partial charge in [0.25, 0.3) is 0 Å². The van der Waals surface area contributed by atoms with Crippen molar-refractivity contribution in [3.05, 3.63) is 53.3 Å². The fraction of sp³-hybridized carbons (Fsp3) is 0.375. The number of anilines is 1. The average molecular weight is 341 g/mol. The number of piperazine rings is 1. The third-order valence-corrected chi connectivity index (χ3v) is 5.04. The summed E-state index contributed by atoms with van der Waals surface area (Å²) in [5, 5.41) is 15.4. The van der Waals surface area contributed by atoms with Gasteiger partial charge in [-0.05, 0) is 16.0 Å². The highest BCUT2D eigenvalue weighted by molar-refractivity contribution is 7.13. The first-order valence-electron chi connectivity index (χ1n) is 8.04. The summed E-state index contributed by atoms with van der Waals surface area (Å²) >= 11 is 1.70. The lowest BCUT2D eigenvalue weighted by Gasteiger charge is -2.34. The number of rotatable bonds is 5. The molecule has 0 radical (unpaired) electrons. The summed E-state index contributed by atoms with van der Waals surface area (Å²) in [5.41, 5.74) is 1.21. The van der Waals surface area contributed by atoms with E-state index in [-0.39, 0.29) is 0 Å². The van der Waals surface area contributed by atoms with E-state index < -0.39 is 0 Å². The van der Waals surface area contributed by atoms with Gasteiger partial charge in [-0.25, -0.2) is 9.67 Å². The summed E-state index contributed by atoms with van der Waals surface area (Å²) in [5.74, 6) is 0.918. The van der Waals surface area contributed by atoms with Gasteiger partial charge in [-0.15, -0.1) is 16.4 Å². The smallest absolute Gasteiger partial charge is 0.185 e. The van der Waals surface area contributed by atoms with E-state index in [0.29, 0.717) is 6.54 Å². The van der Waals surface area contributed by atoms with Gasteiger partial charge >= 0.3 is 0 Å². The van der Waals surface area contributed by atoms with E-state index in [1.165, 1.54) is 5.56 Å². The molecule has 0 aliphatic carbocycles. The van der Waals surface area contributed by atoms with Crippen molar-refractivity contribution >= 4 is 16.5 Å². The predicted octanol–water partition coefficient (Wildman–Crippen LogP) is 1.50. The largest absolute Gasteiger partial charge is 0.346 e. The summed E-state index contributed by atoms with van der Waals surface area (Å²) in [7, 11) is 0. The van der Waals surface area contributed by atoms with Crippen LogP contribution >= 0.6 is 11.3 Å². The van der Waals surface area contributed by atoms with E-state index in [4.69, 9.17) is 0 Å². The molecule has 3 heterocycles. The van der Waals surface area contributed by atoms with Gasteiger partial charge in [0.1, 0.15) is 0 Å². The number of hydrogen-bond donors (Lipinski definition) is 0.